The Morgan fingerprint density at radius 3 is 2.50 bits per heavy atom. The molecule has 1 fully saturated rings. The number of aromatic nitrogens is 2. The Kier molecular flexibility index (Phi) is 6.39. The molecule has 2 amide bonds. The van der Waals surface area contributed by atoms with E-state index in [0.29, 0.717) is 42.3 Å². The van der Waals surface area contributed by atoms with Crippen LogP contribution in [0.25, 0.3) is 0 Å². The van der Waals surface area contributed by atoms with Gasteiger partial charge in [-0.2, -0.15) is 0 Å². The van der Waals surface area contributed by atoms with E-state index in [2.05, 4.69) is 9.97 Å². The Bertz CT molecular complexity index is 834. The van der Waals surface area contributed by atoms with Gasteiger partial charge < -0.3 is 9.80 Å². The minimum absolute atomic E-state index is 0.00912. The molecule has 1 saturated heterocycles. The summed E-state index contributed by atoms with van der Waals surface area (Å²) in [5.74, 6) is 0.585. The Morgan fingerprint density at radius 2 is 1.86 bits per heavy atom. The smallest absolute Gasteiger partial charge is 0.257 e. The summed E-state index contributed by atoms with van der Waals surface area (Å²) >= 11 is 0. The highest BCUT2D eigenvalue weighted by molar-refractivity contribution is 5.95. The Hall–Kier alpha value is -2.76. The summed E-state index contributed by atoms with van der Waals surface area (Å²) in [5.41, 5.74) is 1.88. The van der Waals surface area contributed by atoms with Gasteiger partial charge in [0.2, 0.25) is 0 Å². The summed E-state index contributed by atoms with van der Waals surface area (Å²) < 4.78 is 0. The molecule has 1 atom stereocenters. The molecule has 1 aromatic heterocycles. The maximum absolute atomic E-state index is 13.0. The van der Waals surface area contributed by atoms with Crippen LogP contribution in [0.15, 0.2) is 36.5 Å². The van der Waals surface area contributed by atoms with Gasteiger partial charge in [0.25, 0.3) is 11.8 Å². The molecule has 2 heterocycles. The van der Waals surface area contributed by atoms with Crippen LogP contribution in [0.5, 0.6) is 0 Å². The molecule has 0 spiro atoms. The first-order chi connectivity index (χ1) is 13.6. The van der Waals surface area contributed by atoms with E-state index in [1.807, 2.05) is 56.0 Å². The summed E-state index contributed by atoms with van der Waals surface area (Å²) in [6.07, 6.45) is 4.47. The third-order valence-corrected chi connectivity index (χ3v) is 5.36. The maximum Gasteiger partial charge on any atom is 0.257 e. The number of likely N-dealkylation sites (tertiary alicyclic amines) is 1. The number of piperidine rings is 1. The van der Waals surface area contributed by atoms with Gasteiger partial charge in [0.15, 0.2) is 5.82 Å². The minimum atomic E-state index is -0.155. The topological polar surface area (TPSA) is 66.4 Å². The molecule has 28 heavy (non-hydrogen) atoms. The Morgan fingerprint density at radius 1 is 1.14 bits per heavy atom. The van der Waals surface area contributed by atoms with Crippen molar-refractivity contribution in [1.29, 1.82) is 0 Å². The van der Waals surface area contributed by atoms with E-state index in [-0.39, 0.29) is 17.9 Å². The molecule has 0 aliphatic carbocycles. The number of carbonyl (C=O) groups excluding carboxylic acids is 2. The molecule has 0 unspecified atom stereocenters. The van der Waals surface area contributed by atoms with Crippen LogP contribution in [0.3, 0.4) is 0 Å². The molecule has 3 rings (SSSR count). The molecule has 148 valence electrons. The van der Waals surface area contributed by atoms with Gasteiger partial charge in [0.1, 0.15) is 0 Å². The zero-order valence-electron chi connectivity index (χ0n) is 16.9. The molecule has 6 heteroatoms. The zero-order valence-corrected chi connectivity index (χ0v) is 16.9. The number of amides is 2. The van der Waals surface area contributed by atoms with Gasteiger partial charge in [-0.25, -0.2) is 9.97 Å². The maximum atomic E-state index is 13.0. The van der Waals surface area contributed by atoms with E-state index in [9.17, 15) is 9.59 Å². The predicted molar refractivity (Wildman–Crippen MR) is 108 cm³/mol. The first kappa shape index (κ1) is 20.0. The number of nitrogens with zero attached hydrogens (tertiary/aromatic N) is 4. The summed E-state index contributed by atoms with van der Waals surface area (Å²) in [4.78, 5) is 38.5. The zero-order chi connectivity index (χ0) is 20.1. The number of hydrogen-bond donors (Lipinski definition) is 0. The second-order valence-electron chi connectivity index (χ2n) is 7.08. The standard InChI is InChI=1S/C22H28N4O2/c1-4-25(5-2)22(28)18-15-23-20(24-16(18)3)19-13-9-10-14-26(19)21(27)17-11-7-6-8-12-17/h6-8,11-12,15,19H,4-5,9-10,13-14H2,1-3H3/t19-/m0/s1. The van der Waals surface area contributed by atoms with Crippen molar-refractivity contribution in [1.82, 2.24) is 19.8 Å². The summed E-state index contributed by atoms with van der Waals surface area (Å²) in [6, 6.07) is 9.18. The number of carbonyl (C=O) groups is 2. The van der Waals surface area contributed by atoms with Crippen molar-refractivity contribution in [2.24, 2.45) is 0 Å². The predicted octanol–water partition coefficient (Wildman–Crippen LogP) is 3.63. The fraction of sp³-hybridized carbons (Fsp3) is 0.455. The third-order valence-electron chi connectivity index (χ3n) is 5.36. The summed E-state index contributed by atoms with van der Waals surface area (Å²) in [6.45, 7) is 7.76. The molecule has 0 N–H and O–H groups in total. The second kappa shape index (κ2) is 8.95. The first-order valence-corrected chi connectivity index (χ1v) is 10.1. The molecule has 1 aromatic carbocycles. The Balaban J connectivity index is 1.87. The van der Waals surface area contributed by atoms with Crippen molar-refractivity contribution in [3.63, 3.8) is 0 Å². The summed E-state index contributed by atoms with van der Waals surface area (Å²) in [7, 11) is 0. The van der Waals surface area contributed by atoms with Crippen LogP contribution in [0, 0.1) is 6.92 Å². The van der Waals surface area contributed by atoms with Gasteiger partial charge in [-0.1, -0.05) is 18.2 Å². The SMILES string of the molecule is CCN(CC)C(=O)c1cnc([C@@H]2CCCCN2C(=O)c2ccccc2)nc1C. The van der Waals surface area contributed by atoms with Crippen molar-refractivity contribution in [2.45, 2.75) is 46.1 Å². The fourth-order valence-electron chi connectivity index (χ4n) is 3.73. The van der Waals surface area contributed by atoms with E-state index in [1.165, 1.54) is 0 Å². The Labute approximate surface area is 166 Å². The van der Waals surface area contributed by atoms with E-state index in [4.69, 9.17) is 0 Å². The highest BCUT2D eigenvalue weighted by atomic mass is 16.2. The number of hydrogen-bond acceptors (Lipinski definition) is 4. The van der Waals surface area contributed by atoms with Crippen molar-refractivity contribution in [3.8, 4) is 0 Å². The average molecular weight is 380 g/mol. The van der Waals surface area contributed by atoms with Crippen LogP contribution in [0.2, 0.25) is 0 Å². The quantitative estimate of drug-likeness (QED) is 0.794. The third kappa shape index (κ3) is 4.06. The van der Waals surface area contributed by atoms with Crippen molar-refractivity contribution in [2.75, 3.05) is 19.6 Å². The lowest BCUT2D eigenvalue weighted by Gasteiger charge is -2.35. The van der Waals surface area contributed by atoms with Crippen LogP contribution >= 0.6 is 0 Å². The van der Waals surface area contributed by atoms with E-state index in [0.717, 1.165) is 19.3 Å². The van der Waals surface area contributed by atoms with Gasteiger partial charge in [0.05, 0.1) is 17.3 Å². The van der Waals surface area contributed by atoms with Crippen LogP contribution in [0.4, 0.5) is 0 Å². The van der Waals surface area contributed by atoms with Crippen LogP contribution < -0.4 is 0 Å². The molecular weight excluding hydrogens is 352 g/mol. The molecule has 2 aromatic rings. The van der Waals surface area contributed by atoms with Crippen molar-refractivity contribution >= 4 is 11.8 Å². The van der Waals surface area contributed by atoms with Crippen molar-refractivity contribution < 1.29 is 9.59 Å². The fourth-order valence-corrected chi connectivity index (χ4v) is 3.73. The molecule has 1 aliphatic rings. The lowest BCUT2D eigenvalue weighted by atomic mass is 9.99. The molecular formula is C22H28N4O2. The number of aryl methyl sites for hydroxylation is 1. The van der Waals surface area contributed by atoms with Crippen LogP contribution in [-0.4, -0.2) is 51.2 Å². The highest BCUT2D eigenvalue weighted by Gasteiger charge is 2.31. The largest absolute Gasteiger partial charge is 0.339 e. The molecule has 0 saturated carbocycles. The number of rotatable bonds is 5. The van der Waals surface area contributed by atoms with E-state index < -0.39 is 0 Å². The molecule has 6 nitrogen and oxygen atoms in total. The van der Waals surface area contributed by atoms with Crippen molar-refractivity contribution in [3.05, 3.63) is 59.2 Å². The van der Waals surface area contributed by atoms with Crippen LogP contribution in [-0.2, 0) is 0 Å². The number of benzene rings is 1. The normalized spacial score (nSPS) is 16.7. The lowest BCUT2D eigenvalue weighted by Crippen LogP contribution is -2.39. The molecule has 1 aliphatic heterocycles. The second-order valence-corrected chi connectivity index (χ2v) is 7.08. The van der Waals surface area contributed by atoms with E-state index in [1.54, 1.807) is 11.1 Å². The summed E-state index contributed by atoms with van der Waals surface area (Å²) in [5, 5.41) is 0. The van der Waals surface area contributed by atoms with Gasteiger partial charge in [-0.15, -0.1) is 0 Å². The molecule has 0 radical (unpaired) electrons. The van der Waals surface area contributed by atoms with Gasteiger partial charge in [-0.3, -0.25) is 9.59 Å². The molecule has 0 bridgehead atoms. The lowest BCUT2D eigenvalue weighted by molar-refractivity contribution is 0.0598. The van der Waals surface area contributed by atoms with Gasteiger partial charge in [0, 0.05) is 31.4 Å². The minimum Gasteiger partial charge on any atom is -0.339 e. The van der Waals surface area contributed by atoms with Gasteiger partial charge >= 0.3 is 0 Å². The van der Waals surface area contributed by atoms with Crippen LogP contribution in [0.1, 0.15) is 71.4 Å². The first-order valence-electron chi connectivity index (χ1n) is 10.1. The van der Waals surface area contributed by atoms with Gasteiger partial charge in [-0.05, 0) is 52.2 Å². The average Bonchev–Trinajstić information content (AvgIpc) is 2.74. The van der Waals surface area contributed by atoms with E-state index >= 15 is 0 Å². The highest BCUT2D eigenvalue weighted by Crippen LogP contribution is 2.30. The monoisotopic (exact) mass is 380 g/mol.